The Morgan fingerprint density at radius 1 is 1.17 bits per heavy atom. The van der Waals surface area contributed by atoms with Gasteiger partial charge in [0.25, 0.3) is 0 Å². The lowest BCUT2D eigenvalue weighted by atomic mass is 9.79. The molecule has 3 atom stereocenters. The van der Waals surface area contributed by atoms with Gasteiger partial charge in [0.05, 0.1) is 0 Å². The van der Waals surface area contributed by atoms with E-state index in [0.717, 1.165) is 18.4 Å². The third kappa shape index (κ3) is 4.23. The van der Waals surface area contributed by atoms with Crippen molar-refractivity contribution in [2.45, 2.75) is 51.4 Å². The Morgan fingerprint density at radius 2 is 1.78 bits per heavy atom. The molecule has 0 aromatic heterocycles. The van der Waals surface area contributed by atoms with Gasteiger partial charge in [-0.3, -0.25) is 0 Å². The summed E-state index contributed by atoms with van der Waals surface area (Å²) < 4.78 is 47.6. The number of benzene rings is 1. The number of hydrogen-bond donors (Lipinski definition) is 1. The molecule has 0 unspecified atom stereocenters. The Kier molecular flexibility index (Phi) is 6.02. The van der Waals surface area contributed by atoms with Crippen LogP contribution in [0.4, 0.5) is 13.2 Å². The second-order valence-corrected chi connectivity index (χ2v) is 5.60. The largest absolute Gasteiger partial charge is 0.411 e. The van der Waals surface area contributed by atoms with Crippen LogP contribution in [-0.4, -0.2) is 24.3 Å². The number of ether oxygens (including phenoxy) is 2. The first-order chi connectivity index (χ1) is 10.9. The first kappa shape index (κ1) is 18.2. The standard InChI is InChI=1S/C16H21F3O4/c1-3-10(4-2)13-11-7-5-6-8-12(11)14(22-15(13)23-20)21-9-16(17,18)19/h5-8,10,13-15,20H,3-4,9H2,1-2H3/t13-,14+,15+/m0/s1. The summed E-state index contributed by atoms with van der Waals surface area (Å²) in [6.07, 6.45) is -5.09. The molecule has 0 saturated carbocycles. The van der Waals surface area contributed by atoms with Crippen molar-refractivity contribution in [2.24, 2.45) is 5.92 Å². The molecule has 0 fully saturated rings. The van der Waals surface area contributed by atoms with Crippen LogP contribution in [0.2, 0.25) is 0 Å². The first-order valence-electron chi connectivity index (χ1n) is 7.64. The van der Waals surface area contributed by atoms with Gasteiger partial charge < -0.3 is 9.47 Å². The third-order valence-electron chi connectivity index (χ3n) is 4.22. The van der Waals surface area contributed by atoms with Gasteiger partial charge in [0.2, 0.25) is 6.29 Å². The number of rotatable bonds is 6. The van der Waals surface area contributed by atoms with E-state index in [1.165, 1.54) is 0 Å². The zero-order valence-electron chi connectivity index (χ0n) is 13.0. The van der Waals surface area contributed by atoms with Crippen LogP contribution in [0.3, 0.4) is 0 Å². The smallest absolute Gasteiger partial charge is 0.339 e. The van der Waals surface area contributed by atoms with Crippen LogP contribution in [0, 0.1) is 5.92 Å². The van der Waals surface area contributed by atoms with E-state index in [2.05, 4.69) is 4.89 Å². The summed E-state index contributed by atoms with van der Waals surface area (Å²) in [7, 11) is 0. The summed E-state index contributed by atoms with van der Waals surface area (Å²) >= 11 is 0. The first-order valence-corrected chi connectivity index (χ1v) is 7.64. The zero-order valence-corrected chi connectivity index (χ0v) is 13.0. The van der Waals surface area contributed by atoms with Crippen molar-refractivity contribution in [3.8, 4) is 0 Å². The molecule has 4 nitrogen and oxygen atoms in total. The summed E-state index contributed by atoms with van der Waals surface area (Å²) in [4.78, 5) is 4.42. The maximum absolute atomic E-state index is 12.4. The van der Waals surface area contributed by atoms with Crippen molar-refractivity contribution < 1.29 is 32.8 Å². The predicted molar refractivity (Wildman–Crippen MR) is 76.6 cm³/mol. The van der Waals surface area contributed by atoms with E-state index >= 15 is 0 Å². The van der Waals surface area contributed by atoms with Crippen LogP contribution in [0.25, 0.3) is 0 Å². The SMILES string of the molecule is CCC(CC)[C@H]1c2ccccc2[C@H](OCC(F)(F)F)O[C@@H]1OO. The normalized spacial score (nSPS) is 24.7. The molecule has 0 bridgehead atoms. The molecule has 1 heterocycles. The Balaban J connectivity index is 2.33. The van der Waals surface area contributed by atoms with Crippen LogP contribution in [0.15, 0.2) is 24.3 Å². The minimum Gasteiger partial charge on any atom is -0.339 e. The molecule has 1 aliphatic heterocycles. The van der Waals surface area contributed by atoms with Crippen molar-refractivity contribution in [2.75, 3.05) is 6.61 Å². The quantitative estimate of drug-likeness (QED) is 0.609. The fourth-order valence-electron chi connectivity index (χ4n) is 3.12. The topological polar surface area (TPSA) is 47.9 Å². The average Bonchev–Trinajstić information content (AvgIpc) is 2.53. The molecule has 2 rings (SSSR count). The highest BCUT2D eigenvalue weighted by molar-refractivity contribution is 5.34. The van der Waals surface area contributed by atoms with Crippen molar-refractivity contribution >= 4 is 0 Å². The van der Waals surface area contributed by atoms with E-state index < -0.39 is 25.4 Å². The lowest BCUT2D eigenvalue weighted by molar-refractivity contribution is -0.393. The molecule has 0 amide bonds. The average molecular weight is 334 g/mol. The van der Waals surface area contributed by atoms with E-state index in [9.17, 15) is 18.4 Å². The fraction of sp³-hybridized carbons (Fsp3) is 0.625. The van der Waals surface area contributed by atoms with Crippen molar-refractivity contribution in [1.82, 2.24) is 0 Å². The lowest BCUT2D eigenvalue weighted by Gasteiger charge is -2.39. The zero-order chi connectivity index (χ0) is 17.0. The third-order valence-corrected chi connectivity index (χ3v) is 4.22. The summed E-state index contributed by atoms with van der Waals surface area (Å²) in [5.74, 6) is -0.103. The molecule has 0 aliphatic carbocycles. The van der Waals surface area contributed by atoms with Gasteiger partial charge in [-0.25, -0.2) is 10.1 Å². The van der Waals surface area contributed by atoms with Crippen LogP contribution in [0.5, 0.6) is 0 Å². The van der Waals surface area contributed by atoms with Gasteiger partial charge in [-0.05, 0) is 11.5 Å². The van der Waals surface area contributed by atoms with Gasteiger partial charge >= 0.3 is 6.18 Å². The molecule has 0 radical (unpaired) electrons. The highest BCUT2D eigenvalue weighted by atomic mass is 19.4. The molecule has 1 aliphatic rings. The molecule has 1 aromatic carbocycles. The van der Waals surface area contributed by atoms with Gasteiger partial charge in [0.15, 0.2) is 6.29 Å². The minimum absolute atomic E-state index is 0.164. The van der Waals surface area contributed by atoms with E-state index in [1.54, 1.807) is 18.2 Å². The molecule has 1 aromatic rings. The molecule has 0 saturated heterocycles. The van der Waals surface area contributed by atoms with Gasteiger partial charge in [-0.2, -0.15) is 13.2 Å². The van der Waals surface area contributed by atoms with Crippen molar-refractivity contribution in [3.63, 3.8) is 0 Å². The molecular formula is C16H21F3O4. The Bertz CT molecular complexity index is 502. The van der Waals surface area contributed by atoms with Crippen LogP contribution in [0.1, 0.15) is 50.0 Å². The number of fused-ring (bicyclic) bond motifs is 1. The maximum atomic E-state index is 12.4. The molecule has 1 N–H and O–H groups in total. The van der Waals surface area contributed by atoms with E-state index in [0.29, 0.717) is 5.56 Å². The Labute approximate surface area is 133 Å². The van der Waals surface area contributed by atoms with Crippen LogP contribution in [-0.2, 0) is 14.4 Å². The van der Waals surface area contributed by atoms with Gasteiger partial charge in [-0.1, -0.05) is 51.0 Å². The fourth-order valence-corrected chi connectivity index (χ4v) is 3.12. The summed E-state index contributed by atoms with van der Waals surface area (Å²) in [5, 5.41) is 9.17. The Hall–Kier alpha value is -1.15. The Morgan fingerprint density at radius 3 is 2.30 bits per heavy atom. The monoisotopic (exact) mass is 334 g/mol. The van der Waals surface area contributed by atoms with E-state index in [-0.39, 0.29) is 11.8 Å². The summed E-state index contributed by atoms with van der Waals surface area (Å²) in [6.45, 7) is 2.59. The molecule has 7 heteroatoms. The summed E-state index contributed by atoms with van der Waals surface area (Å²) in [5.41, 5.74) is 1.33. The van der Waals surface area contributed by atoms with Crippen LogP contribution < -0.4 is 0 Å². The highest BCUT2D eigenvalue weighted by Gasteiger charge is 2.41. The number of alkyl halides is 3. The number of hydrogen-bond acceptors (Lipinski definition) is 4. The van der Waals surface area contributed by atoms with E-state index in [4.69, 9.17) is 9.47 Å². The van der Waals surface area contributed by atoms with Crippen molar-refractivity contribution in [3.05, 3.63) is 35.4 Å². The van der Waals surface area contributed by atoms with Gasteiger partial charge in [0.1, 0.15) is 6.61 Å². The predicted octanol–water partition coefficient (Wildman–Crippen LogP) is 4.63. The number of halogens is 3. The van der Waals surface area contributed by atoms with E-state index in [1.807, 2.05) is 19.9 Å². The molecular weight excluding hydrogens is 313 g/mol. The second-order valence-electron chi connectivity index (χ2n) is 5.60. The van der Waals surface area contributed by atoms with Crippen LogP contribution >= 0.6 is 0 Å². The minimum atomic E-state index is -4.46. The molecule has 0 spiro atoms. The van der Waals surface area contributed by atoms with Gasteiger partial charge in [-0.15, -0.1) is 0 Å². The van der Waals surface area contributed by atoms with Gasteiger partial charge in [0, 0.05) is 11.5 Å². The second kappa shape index (κ2) is 7.61. The lowest BCUT2D eigenvalue weighted by Crippen LogP contribution is -2.38. The molecule has 130 valence electrons. The summed E-state index contributed by atoms with van der Waals surface area (Å²) in [6, 6.07) is 7.02. The maximum Gasteiger partial charge on any atom is 0.411 e. The highest BCUT2D eigenvalue weighted by Crippen LogP contribution is 2.44. The van der Waals surface area contributed by atoms with Crippen molar-refractivity contribution in [1.29, 1.82) is 0 Å². The molecule has 23 heavy (non-hydrogen) atoms.